The van der Waals surface area contributed by atoms with Crippen molar-refractivity contribution < 1.29 is 14.3 Å². The van der Waals surface area contributed by atoms with Gasteiger partial charge in [-0.25, -0.2) is 14.8 Å². The maximum Gasteiger partial charge on any atom is 0.413 e. The summed E-state index contributed by atoms with van der Waals surface area (Å²) < 4.78 is 10.6. The van der Waals surface area contributed by atoms with Gasteiger partial charge in [-0.1, -0.05) is 0 Å². The number of methoxy groups -OCH3 is 1. The molecular weight excluding hydrogens is 310 g/mol. The standard InChI is InChI=1S/C16H23N5O3/c1-10(23-5)6-12-13(11-7-19-20-8-11)17-9-18-14(12)21-15(22)24-16(2,3)4/h7-10H,6H2,1-5H3,(H,19,20)(H,17,18,21,22). The second-order valence-electron chi connectivity index (χ2n) is 6.41. The average molecular weight is 333 g/mol. The Hall–Kier alpha value is -2.48. The summed E-state index contributed by atoms with van der Waals surface area (Å²) in [5, 5.41) is 9.41. The molecule has 130 valence electrons. The predicted octanol–water partition coefficient (Wildman–Crippen LogP) is 2.79. The fourth-order valence-electron chi connectivity index (χ4n) is 2.11. The van der Waals surface area contributed by atoms with Crippen LogP contribution < -0.4 is 5.32 Å². The summed E-state index contributed by atoms with van der Waals surface area (Å²) in [6, 6.07) is 0. The minimum Gasteiger partial charge on any atom is -0.444 e. The van der Waals surface area contributed by atoms with Gasteiger partial charge < -0.3 is 9.47 Å². The van der Waals surface area contributed by atoms with Crippen LogP contribution in [-0.2, 0) is 15.9 Å². The Morgan fingerprint density at radius 3 is 2.71 bits per heavy atom. The molecule has 8 nitrogen and oxygen atoms in total. The first-order valence-corrected chi connectivity index (χ1v) is 7.66. The molecule has 0 saturated carbocycles. The van der Waals surface area contributed by atoms with Crippen LogP contribution >= 0.6 is 0 Å². The molecule has 24 heavy (non-hydrogen) atoms. The lowest BCUT2D eigenvalue weighted by atomic mass is 10.0. The summed E-state index contributed by atoms with van der Waals surface area (Å²) >= 11 is 0. The topological polar surface area (TPSA) is 102 Å². The average Bonchev–Trinajstić information content (AvgIpc) is 3.00. The highest BCUT2D eigenvalue weighted by molar-refractivity contribution is 5.86. The Morgan fingerprint density at radius 1 is 1.38 bits per heavy atom. The number of H-pyrrole nitrogens is 1. The highest BCUT2D eigenvalue weighted by Gasteiger charge is 2.21. The third kappa shape index (κ3) is 4.76. The lowest BCUT2D eigenvalue weighted by molar-refractivity contribution is 0.0634. The van der Waals surface area contributed by atoms with E-state index in [-0.39, 0.29) is 6.10 Å². The van der Waals surface area contributed by atoms with E-state index in [1.54, 1.807) is 40.3 Å². The zero-order valence-corrected chi connectivity index (χ0v) is 14.6. The van der Waals surface area contributed by atoms with E-state index in [1.807, 2.05) is 6.92 Å². The number of nitrogens with one attached hydrogen (secondary N) is 2. The Labute approximate surface area is 141 Å². The molecule has 0 saturated heterocycles. The number of aromatic amines is 1. The van der Waals surface area contributed by atoms with E-state index < -0.39 is 11.7 Å². The molecule has 8 heteroatoms. The highest BCUT2D eigenvalue weighted by Crippen LogP contribution is 2.27. The molecule has 2 aromatic rings. The molecule has 0 aliphatic rings. The first-order chi connectivity index (χ1) is 11.3. The van der Waals surface area contributed by atoms with E-state index in [9.17, 15) is 4.79 Å². The molecule has 0 aromatic carbocycles. The smallest absolute Gasteiger partial charge is 0.413 e. The van der Waals surface area contributed by atoms with Crippen LogP contribution in [0.2, 0.25) is 0 Å². The zero-order valence-electron chi connectivity index (χ0n) is 14.6. The van der Waals surface area contributed by atoms with E-state index >= 15 is 0 Å². The van der Waals surface area contributed by atoms with Crippen LogP contribution in [0.25, 0.3) is 11.3 Å². The zero-order chi connectivity index (χ0) is 17.7. The fourth-order valence-corrected chi connectivity index (χ4v) is 2.11. The molecule has 0 spiro atoms. The van der Waals surface area contributed by atoms with E-state index in [4.69, 9.17) is 9.47 Å². The molecule has 2 heterocycles. The van der Waals surface area contributed by atoms with Crippen molar-refractivity contribution in [1.29, 1.82) is 0 Å². The molecule has 2 rings (SSSR count). The lowest BCUT2D eigenvalue weighted by Gasteiger charge is -2.21. The maximum atomic E-state index is 12.1. The minimum absolute atomic E-state index is 0.0687. The van der Waals surface area contributed by atoms with Crippen LogP contribution in [0.1, 0.15) is 33.3 Å². The molecule has 2 aromatic heterocycles. The molecule has 2 N–H and O–H groups in total. The van der Waals surface area contributed by atoms with Crippen molar-refractivity contribution in [3.05, 3.63) is 24.3 Å². The Balaban J connectivity index is 2.36. The summed E-state index contributed by atoms with van der Waals surface area (Å²) in [6.45, 7) is 7.34. The predicted molar refractivity (Wildman–Crippen MR) is 89.6 cm³/mol. The Morgan fingerprint density at radius 2 is 2.12 bits per heavy atom. The first-order valence-electron chi connectivity index (χ1n) is 7.66. The van der Waals surface area contributed by atoms with Crippen molar-refractivity contribution in [2.24, 2.45) is 0 Å². The van der Waals surface area contributed by atoms with Gasteiger partial charge in [-0.3, -0.25) is 10.4 Å². The van der Waals surface area contributed by atoms with Gasteiger partial charge in [-0.2, -0.15) is 5.10 Å². The SMILES string of the molecule is COC(C)Cc1c(NC(=O)OC(C)(C)C)ncnc1-c1cn[nH]c1. The molecule has 1 amide bonds. The molecule has 0 radical (unpaired) electrons. The normalized spacial score (nSPS) is 12.7. The molecule has 0 aliphatic carbocycles. The van der Waals surface area contributed by atoms with E-state index in [2.05, 4.69) is 25.5 Å². The van der Waals surface area contributed by atoms with Crippen molar-refractivity contribution in [2.75, 3.05) is 12.4 Å². The van der Waals surface area contributed by atoms with Crippen molar-refractivity contribution >= 4 is 11.9 Å². The number of hydrogen-bond acceptors (Lipinski definition) is 6. The summed E-state index contributed by atoms with van der Waals surface area (Å²) in [7, 11) is 1.63. The summed E-state index contributed by atoms with van der Waals surface area (Å²) in [6.07, 6.45) is 4.70. The Kier molecular flexibility index (Phi) is 5.50. The fraction of sp³-hybridized carbons (Fsp3) is 0.500. The van der Waals surface area contributed by atoms with Crippen molar-refractivity contribution in [3.63, 3.8) is 0 Å². The van der Waals surface area contributed by atoms with E-state index in [0.717, 1.165) is 11.1 Å². The van der Waals surface area contributed by atoms with Crippen molar-refractivity contribution in [1.82, 2.24) is 20.2 Å². The van der Waals surface area contributed by atoms with Crippen LogP contribution in [0.15, 0.2) is 18.7 Å². The van der Waals surface area contributed by atoms with Gasteiger partial charge in [0, 0.05) is 30.9 Å². The van der Waals surface area contributed by atoms with Crippen LogP contribution in [0.4, 0.5) is 10.6 Å². The minimum atomic E-state index is -0.593. The van der Waals surface area contributed by atoms with Crippen LogP contribution in [0.5, 0.6) is 0 Å². The number of rotatable bonds is 5. The lowest BCUT2D eigenvalue weighted by Crippen LogP contribution is -2.28. The second-order valence-corrected chi connectivity index (χ2v) is 6.41. The van der Waals surface area contributed by atoms with Crippen LogP contribution in [0, 0.1) is 0 Å². The number of hydrogen-bond donors (Lipinski definition) is 2. The number of anilines is 1. The van der Waals surface area contributed by atoms with Crippen LogP contribution in [-0.4, -0.2) is 45.1 Å². The van der Waals surface area contributed by atoms with E-state index in [0.29, 0.717) is 17.9 Å². The van der Waals surface area contributed by atoms with Gasteiger partial charge in [-0.05, 0) is 27.7 Å². The quantitative estimate of drug-likeness (QED) is 0.872. The van der Waals surface area contributed by atoms with Gasteiger partial charge in [0.05, 0.1) is 18.0 Å². The Bertz CT molecular complexity index is 680. The number of carbonyl (C=O) groups excluding carboxylic acids is 1. The van der Waals surface area contributed by atoms with E-state index in [1.165, 1.54) is 6.33 Å². The highest BCUT2D eigenvalue weighted by atomic mass is 16.6. The molecular formula is C16H23N5O3. The van der Waals surface area contributed by atoms with Gasteiger partial charge >= 0.3 is 6.09 Å². The molecule has 1 atom stereocenters. The largest absolute Gasteiger partial charge is 0.444 e. The summed E-state index contributed by atoms with van der Waals surface area (Å²) in [4.78, 5) is 20.6. The molecule has 1 unspecified atom stereocenters. The molecule has 0 fully saturated rings. The first kappa shape index (κ1) is 17.9. The van der Waals surface area contributed by atoms with Gasteiger partial charge in [-0.15, -0.1) is 0 Å². The van der Waals surface area contributed by atoms with Gasteiger partial charge in [0.15, 0.2) is 0 Å². The van der Waals surface area contributed by atoms with Gasteiger partial charge in [0.2, 0.25) is 0 Å². The van der Waals surface area contributed by atoms with Crippen molar-refractivity contribution in [2.45, 2.75) is 45.8 Å². The maximum absolute atomic E-state index is 12.1. The number of nitrogens with zero attached hydrogens (tertiary/aromatic N) is 3. The second kappa shape index (κ2) is 7.39. The van der Waals surface area contributed by atoms with Gasteiger partial charge in [0.1, 0.15) is 17.7 Å². The third-order valence-electron chi connectivity index (χ3n) is 3.23. The number of carbonyl (C=O) groups is 1. The number of aromatic nitrogens is 4. The molecule has 0 aliphatic heterocycles. The number of ether oxygens (including phenoxy) is 2. The van der Waals surface area contributed by atoms with Crippen LogP contribution in [0.3, 0.4) is 0 Å². The van der Waals surface area contributed by atoms with Crippen molar-refractivity contribution in [3.8, 4) is 11.3 Å². The molecule has 0 bridgehead atoms. The summed E-state index contributed by atoms with van der Waals surface area (Å²) in [5.41, 5.74) is 1.67. The number of amides is 1. The third-order valence-corrected chi connectivity index (χ3v) is 3.23. The van der Waals surface area contributed by atoms with Gasteiger partial charge in [0.25, 0.3) is 0 Å². The summed E-state index contributed by atoms with van der Waals surface area (Å²) in [5.74, 6) is 0.402. The monoisotopic (exact) mass is 333 g/mol.